The van der Waals surface area contributed by atoms with Gasteiger partial charge in [-0.3, -0.25) is 14.7 Å². The van der Waals surface area contributed by atoms with Crippen LogP contribution in [0.4, 0.5) is 0 Å². The van der Waals surface area contributed by atoms with Crippen LogP contribution in [0.2, 0.25) is 0 Å². The minimum atomic E-state index is 0.302. The summed E-state index contributed by atoms with van der Waals surface area (Å²) in [5.41, 5.74) is 2.03. The molecule has 1 spiro atoms. The van der Waals surface area contributed by atoms with Crippen LogP contribution in [0.1, 0.15) is 94.9 Å². The first-order valence-corrected chi connectivity index (χ1v) is 13.5. The highest BCUT2D eigenvalue weighted by Gasteiger charge is 2.56. The first-order chi connectivity index (χ1) is 14.5. The largest absolute Gasteiger partial charge is 0.301 e. The highest BCUT2D eigenvalue weighted by molar-refractivity contribution is 5.11. The lowest BCUT2D eigenvalue weighted by molar-refractivity contribution is -0.172. The standard InChI is InChI=1S/C28H56N4/c1-24(2,3)12-11-15-29-16-18-30(19-17-29)26(7,8)13-14-27(9,10)32-22-28(23-32)20-31(21-28)25(4,5)6/h11-23H2,1-10H3. The third-order valence-corrected chi connectivity index (χ3v) is 8.89. The monoisotopic (exact) mass is 448 g/mol. The Morgan fingerprint density at radius 2 is 1.03 bits per heavy atom. The molecule has 0 aromatic carbocycles. The van der Waals surface area contributed by atoms with Crippen molar-refractivity contribution in [3.63, 3.8) is 0 Å². The Hall–Kier alpha value is -0.160. The van der Waals surface area contributed by atoms with E-state index in [-0.39, 0.29) is 0 Å². The van der Waals surface area contributed by atoms with Gasteiger partial charge >= 0.3 is 0 Å². The molecule has 3 heterocycles. The lowest BCUT2D eigenvalue weighted by Crippen LogP contribution is -2.77. The normalized spacial score (nSPS) is 24.6. The zero-order valence-corrected chi connectivity index (χ0v) is 23.5. The van der Waals surface area contributed by atoms with Crippen molar-refractivity contribution in [1.29, 1.82) is 0 Å². The summed E-state index contributed by atoms with van der Waals surface area (Å²) >= 11 is 0. The first-order valence-electron chi connectivity index (χ1n) is 13.5. The Bertz CT molecular complexity index is 602. The van der Waals surface area contributed by atoms with Gasteiger partial charge in [-0.05, 0) is 86.1 Å². The van der Waals surface area contributed by atoms with E-state index in [0.717, 1.165) is 0 Å². The summed E-state index contributed by atoms with van der Waals surface area (Å²) in [6.45, 7) is 35.6. The Morgan fingerprint density at radius 1 is 0.562 bits per heavy atom. The van der Waals surface area contributed by atoms with Gasteiger partial charge in [-0.2, -0.15) is 0 Å². The zero-order chi connectivity index (χ0) is 24.0. The Kier molecular flexibility index (Phi) is 7.55. The quantitative estimate of drug-likeness (QED) is 0.507. The topological polar surface area (TPSA) is 13.0 Å². The van der Waals surface area contributed by atoms with Crippen LogP contribution in [-0.2, 0) is 0 Å². The number of nitrogens with zero attached hydrogens (tertiary/aromatic N) is 4. The molecule has 0 unspecified atom stereocenters. The van der Waals surface area contributed by atoms with Gasteiger partial charge in [-0.25, -0.2) is 0 Å². The predicted octanol–water partition coefficient (Wildman–Crippen LogP) is 5.18. The van der Waals surface area contributed by atoms with Crippen molar-refractivity contribution in [3.8, 4) is 0 Å². The number of piperazine rings is 1. The zero-order valence-electron chi connectivity index (χ0n) is 23.5. The lowest BCUT2D eigenvalue weighted by Gasteiger charge is -2.66. The number of hydrogen-bond donors (Lipinski definition) is 0. The molecule has 3 aliphatic heterocycles. The smallest absolute Gasteiger partial charge is 0.0213 e. The fourth-order valence-corrected chi connectivity index (χ4v) is 5.97. The van der Waals surface area contributed by atoms with E-state index in [1.165, 1.54) is 84.6 Å². The number of hydrogen-bond acceptors (Lipinski definition) is 4. The molecule has 0 atom stereocenters. The Labute approximate surface area is 201 Å². The van der Waals surface area contributed by atoms with Gasteiger partial charge in [0.1, 0.15) is 0 Å². The molecule has 0 N–H and O–H groups in total. The van der Waals surface area contributed by atoms with Crippen molar-refractivity contribution in [2.24, 2.45) is 10.8 Å². The molecule has 0 aromatic rings. The van der Waals surface area contributed by atoms with Crippen molar-refractivity contribution in [1.82, 2.24) is 19.6 Å². The SMILES string of the molecule is CC(C)(C)CCCN1CCN(C(C)(C)CCC(C)(C)N2CC3(CN(C(C)(C)C)C3)C2)CC1. The predicted molar refractivity (Wildman–Crippen MR) is 139 cm³/mol. The van der Waals surface area contributed by atoms with Crippen LogP contribution in [0.3, 0.4) is 0 Å². The average molecular weight is 449 g/mol. The summed E-state index contributed by atoms with van der Waals surface area (Å²) in [4.78, 5) is 10.9. The van der Waals surface area contributed by atoms with Gasteiger partial charge in [0.2, 0.25) is 0 Å². The van der Waals surface area contributed by atoms with Gasteiger partial charge in [0.05, 0.1) is 0 Å². The summed E-state index contributed by atoms with van der Waals surface area (Å²) in [7, 11) is 0. The van der Waals surface area contributed by atoms with Gasteiger partial charge in [0, 0.05) is 74.4 Å². The lowest BCUT2D eigenvalue weighted by atomic mass is 9.68. The molecular formula is C28H56N4. The minimum Gasteiger partial charge on any atom is -0.301 e. The molecule has 0 amide bonds. The fourth-order valence-electron chi connectivity index (χ4n) is 5.97. The molecule has 4 nitrogen and oxygen atoms in total. The molecule has 3 saturated heterocycles. The highest BCUT2D eigenvalue weighted by Crippen LogP contribution is 2.46. The second-order valence-corrected chi connectivity index (χ2v) is 15.0. The van der Waals surface area contributed by atoms with E-state index in [4.69, 9.17) is 0 Å². The van der Waals surface area contributed by atoms with Crippen LogP contribution >= 0.6 is 0 Å². The van der Waals surface area contributed by atoms with Gasteiger partial charge in [0.15, 0.2) is 0 Å². The molecule has 3 aliphatic rings. The van der Waals surface area contributed by atoms with E-state index in [9.17, 15) is 0 Å². The summed E-state index contributed by atoms with van der Waals surface area (Å²) in [6.07, 6.45) is 5.26. The molecule has 0 bridgehead atoms. The van der Waals surface area contributed by atoms with Crippen LogP contribution in [-0.4, -0.2) is 95.1 Å². The molecule has 4 heteroatoms. The van der Waals surface area contributed by atoms with E-state index < -0.39 is 0 Å². The Morgan fingerprint density at radius 3 is 1.50 bits per heavy atom. The fraction of sp³-hybridized carbons (Fsp3) is 1.00. The molecule has 0 aliphatic carbocycles. The minimum absolute atomic E-state index is 0.302. The molecule has 0 radical (unpaired) electrons. The first kappa shape index (κ1) is 26.4. The maximum absolute atomic E-state index is 2.77. The van der Waals surface area contributed by atoms with E-state index in [2.05, 4.69) is 88.8 Å². The van der Waals surface area contributed by atoms with Gasteiger partial charge < -0.3 is 4.90 Å². The third kappa shape index (κ3) is 6.49. The van der Waals surface area contributed by atoms with Gasteiger partial charge in [-0.1, -0.05) is 20.8 Å². The van der Waals surface area contributed by atoms with E-state index in [1.807, 2.05) is 0 Å². The van der Waals surface area contributed by atoms with Crippen LogP contribution in [0, 0.1) is 10.8 Å². The Balaban J connectivity index is 1.38. The second kappa shape index (κ2) is 9.13. The second-order valence-electron chi connectivity index (χ2n) is 15.0. The van der Waals surface area contributed by atoms with Crippen molar-refractivity contribution in [2.45, 2.75) is 112 Å². The molecule has 3 rings (SSSR count). The summed E-state index contributed by atoms with van der Waals surface area (Å²) < 4.78 is 0. The summed E-state index contributed by atoms with van der Waals surface area (Å²) in [5, 5.41) is 0. The van der Waals surface area contributed by atoms with Crippen molar-refractivity contribution in [3.05, 3.63) is 0 Å². The number of likely N-dealkylation sites (tertiary alicyclic amines) is 2. The highest BCUT2D eigenvalue weighted by atomic mass is 15.4. The van der Waals surface area contributed by atoms with E-state index >= 15 is 0 Å². The van der Waals surface area contributed by atoms with Gasteiger partial charge in [0.25, 0.3) is 0 Å². The van der Waals surface area contributed by atoms with Crippen LogP contribution in [0.5, 0.6) is 0 Å². The average Bonchev–Trinajstić information content (AvgIpc) is 2.56. The van der Waals surface area contributed by atoms with E-state index in [1.54, 1.807) is 0 Å². The molecule has 3 fully saturated rings. The van der Waals surface area contributed by atoms with Crippen LogP contribution in [0.15, 0.2) is 0 Å². The van der Waals surface area contributed by atoms with Crippen molar-refractivity contribution in [2.75, 3.05) is 58.9 Å². The van der Waals surface area contributed by atoms with Gasteiger partial charge in [-0.15, -0.1) is 0 Å². The maximum Gasteiger partial charge on any atom is 0.0213 e. The van der Waals surface area contributed by atoms with E-state index in [0.29, 0.717) is 27.4 Å². The number of rotatable bonds is 8. The molecule has 32 heavy (non-hydrogen) atoms. The molecular weight excluding hydrogens is 392 g/mol. The van der Waals surface area contributed by atoms with Crippen molar-refractivity contribution >= 4 is 0 Å². The summed E-state index contributed by atoms with van der Waals surface area (Å²) in [5.74, 6) is 0. The van der Waals surface area contributed by atoms with Crippen LogP contribution in [0.25, 0.3) is 0 Å². The maximum atomic E-state index is 2.77. The molecule has 0 saturated carbocycles. The third-order valence-electron chi connectivity index (χ3n) is 8.89. The molecule has 188 valence electrons. The summed E-state index contributed by atoms with van der Waals surface area (Å²) in [6, 6.07) is 0. The van der Waals surface area contributed by atoms with Crippen LogP contribution < -0.4 is 0 Å². The molecule has 0 aromatic heterocycles. The van der Waals surface area contributed by atoms with Crippen molar-refractivity contribution < 1.29 is 0 Å².